The van der Waals surface area contributed by atoms with Crippen molar-refractivity contribution in [3.63, 3.8) is 0 Å². The lowest BCUT2D eigenvalue weighted by Crippen LogP contribution is -2.60. The third kappa shape index (κ3) is 7.96. The van der Waals surface area contributed by atoms with Crippen LogP contribution in [0.3, 0.4) is 0 Å². The van der Waals surface area contributed by atoms with Crippen LogP contribution >= 0.6 is 0 Å². The minimum Gasteiger partial charge on any atom is -0.466 e. The van der Waals surface area contributed by atoms with Gasteiger partial charge in [-0.15, -0.1) is 0 Å². The number of carbonyl (C=O) groups excluding carboxylic acids is 1. The first-order chi connectivity index (χ1) is 13.0. The molecule has 0 heterocycles. The summed E-state index contributed by atoms with van der Waals surface area (Å²) < 4.78 is 85.3. The van der Waals surface area contributed by atoms with Crippen LogP contribution in [0.1, 0.15) is 66.7 Å². The lowest BCUT2D eigenvalue weighted by molar-refractivity contribution is -0.378. The van der Waals surface area contributed by atoms with Crippen molar-refractivity contribution >= 4 is 5.97 Å². The van der Waals surface area contributed by atoms with Gasteiger partial charge in [0.25, 0.3) is 5.60 Å². The number of unbranched alkanes of at least 4 members (excludes halogenated alkanes) is 1. The Labute approximate surface area is 167 Å². The quantitative estimate of drug-likeness (QED) is 0.266. The first-order valence-electron chi connectivity index (χ1n) is 9.56. The molecule has 0 aliphatic carbocycles. The van der Waals surface area contributed by atoms with E-state index >= 15 is 0 Å². The Morgan fingerprint density at radius 1 is 0.931 bits per heavy atom. The van der Waals surface area contributed by atoms with Gasteiger partial charge >= 0.3 is 18.3 Å². The van der Waals surface area contributed by atoms with Gasteiger partial charge in [0, 0.05) is 6.61 Å². The third-order valence-corrected chi connectivity index (χ3v) is 4.70. The highest BCUT2D eigenvalue weighted by molar-refractivity contribution is 5.76. The maximum absolute atomic E-state index is 12.6. The van der Waals surface area contributed by atoms with Crippen molar-refractivity contribution < 1.29 is 45.7 Å². The lowest BCUT2D eigenvalue weighted by Gasteiger charge is -2.36. The highest BCUT2D eigenvalue weighted by Gasteiger charge is 2.70. The van der Waals surface area contributed by atoms with Crippen molar-refractivity contribution in [2.75, 3.05) is 19.8 Å². The topological polar surface area (TPSA) is 55.8 Å². The van der Waals surface area contributed by atoms with Gasteiger partial charge in [0.1, 0.15) is 0 Å². The van der Waals surface area contributed by atoms with Crippen LogP contribution in [0.15, 0.2) is 0 Å². The molecule has 10 heteroatoms. The molecule has 0 radical (unpaired) electrons. The minimum atomic E-state index is -5.90. The molecule has 0 aromatic carbocycles. The molecule has 1 atom stereocenters. The normalized spacial score (nSPS) is 15.9. The van der Waals surface area contributed by atoms with E-state index in [0.29, 0.717) is 25.7 Å². The van der Waals surface area contributed by atoms with E-state index in [1.165, 1.54) is 0 Å². The number of alkyl halides is 6. The van der Waals surface area contributed by atoms with Crippen molar-refractivity contribution in [2.45, 2.75) is 84.7 Å². The van der Waals surface area contributed by atoms with Crippen molar-refractivity contribution in [2.24, 2.45) is 10.8 Å². The van der Waals surface area contributed by atoms with E-state index in [1.807, 2.05) is 27.7 Å². The predicted octanol–water partition coefficient (Wildman–Crippen LogP) is 5.42. The zero-order chi connectivity index (χ0) is 23.1. The number of halogens is 6. The van der Waals surface area contributed by atoms with Crippen molar-refractivity contribution in [3.05, 3.63) is 0 Å². The summed E-state index contributed by atoms with van der Waals surface area (Å²) in [5.74, 6) is -0.359. The average molecular weight is 438 g/mol. The van der Waals surface area contributed by atoms with Crippen LogP contribution < -0.4 is 0 Å². The molecule has 174 valence electrons. The summed E-state index contributed by atoms with van der Waals surface area (Å²) in [5.41, 5.74) is -5.88. The second-order valence-corrected chi connectivity index (χ2v) is 8.46. The van der Waals surface area contributed by atoms with Crippen molar-refractivity contribution in [1.82, 2.24) is 0 Å². The van der Waals surface area contributed by atoms with E-state index < -0.39 is 36.6 Å². The molecule has 0 aliphatic heterocycles. The summed E-state index contributed by atoms with van der Waals surface area (Å²) in [6.07, 6.45) is -9.94. The zero-order valence-electron chi connectivity index (χ0n) is 17.6. The largest absolute Gasteiger partial charge is 0.466 e. The summed E-state index contributed by atoms with van der Waals surface area (Å²) >= 11 is 0. The molecule has 1 unspecified atom stereocenters. The van der Waals surface area contributed by atoms with Gasteiger partial charge in [-0.1, -0.05) is 34.1 Å². The van der Waals surface area contributed by atoms with Crippen LogP contribution in [0.4, 0.5) is 26.3 Å². The molecule has 0 rings (SSSR count). The van der Waals surface area contributed by atoms with Crippen LogP contribution in [0.25, 0.3) is 0 Å². The van der Waals surface area contributed by atoms with Gasteiger partial charge in [-0.2, -0.15) is 26.3 Å². The molecule has 0 saturated carbocycles. The van der Waals surface area contributed by atoms with E-state index in [2.05, 4.69) is 4.74 Å². The number of esters is 1. The molecule has 0 fully saturated rings. The Kier molecular flexibility index (Phi) is 9.96. The Morgan fingerprint density at radius 2 is 1.45 bits per heavy atom. The smallest absolute Gasteiger partial charge is 0.428 e. The standard InChI is InChI=1S/C19H32F6O4/c1-6-16(12-15(3,4)5,14(26)29-7-2)10-8-9-11-28-13-17(27,18(20,21)22)19(23,24)25/h27H,6-13H2,1-5H3. The SMILES string of the molecule is CCOC(=O)C(CC)(CCCCOCC(O)(C(F)(F)F)C(F)(F)F)CC(C)(C)C. The highest BCUT2D eigenvalue weighted by Crippen LogP contribution is 2.44. The Balaban J connectivity index is 4.87. The first-order valence-corrected chi connectivity index (χ1v) is 9.56. The van der Waals surface area contributed by atoms with Gasteiger partial charge in [0.2, 0.25) is 0 Å². The van der Waals surface area contributed by atoms with Gasteiger partial charge in [-0.25, -0.2) is 0 Å². The molecular formula is C19H32F6O4. The highest BCUT2D eigenvalue weighted by atomic mass is 19.4. The first kappa shape index (κ1) is 28.0. The lowest BCUT2D eigenvalue weighted by atomic mass is 9.69. The average Bonchev–Trinajstić information content (AvgIpc) is 2.53. The van der Waals surface area contributed by atoms with Gasteiger partial charge in [0.15, 0.2) is 0 Å². The molecule has 1 N–H and O–H groups in total. The summed E-state index contributed by atoms with van der Waals surface area (Å²) in [4.78, 5) is 12.5. The number of rotatable bonds is 11. The molecule has 0 aliphatic rings. The third-order valence-electron chi connectivity index (χ3n) is 4.70. The van der Waals surface area contributed by atoms with Gasteiger partial charge in [-0.05, 0) is 38.0 Å². The van der Waals surface area contributed by atoms with E-state index in [1.54, 1.807) is 6.92 Å². The van der Waals surface area contributed by atoms with Crippen LogP contribution in [0.5, 0.6) is 0 Å². The van der Waals surface area contributed by atoms with Crippen LogP contribution in [0, 0.1) is 10.8 Å². The maximum Gasteiger partial charge on any atom is 0.428 e. The van der Waals surface area contributed by atoms with Gasteiger partial charge in [0.05, 0.1) is 18.6 Å². The Bertz CT molecular complexity index is 496. The molecular weight excluding hydrogens is 406 g/mol. The molecule has 0 saturated heterocycles. The number of aliphatic hydroxyl groups is 1. The maximum atomic E-state index is 12.6. The number of hydrogen-bond donors (Lipinski definition) is 1. The van der Waals surface area contributed by atoms with Crippen LogP contribution in [0.2, 0.25) is 0 Å². The van der Waals surface area contributed by atoms with E-state index in [4.69, 9.17) is 9.84 Å². The van der Waals surface area contributed by atoms with Crippen molar-refractivity contribution in [1.29, 1.82) is 0 Å². The van der Waals surface area contributed by atoms with Crippen LogP contribution in [-0.2, 0) is 14.3 Å². The Morgan fingerprint density at radius 3 is 1.83 bits per heavy atom. The number of hydrogen-bond acceptors (Lipinski definition) is 4. The monoisotopic (exact) mass is 438 g/mol. The molecule has 0 aromatic heterocycles. The number of carbonyl (C=O) groups is 1. The van der Waals surface area contributed by atoms with Crippen molar-refractivity contribution in [3.8, 4) is 0 Å². The molecule has 29 heavy (non-hydrogen) atoms. The van der Waals surface area contributed by atoms with E-state index in [0.717, 1.165) is 0 Å². The van der Waals surface area contributed by atoms with Crippen LogP contribution in [-0.4, -0.2) is 48.9 Å². The second kappa shape index (κ2) is 10.3. The zero-order valence-corrected chi connectivity index (χ0v) is 17.6. The molecule has 0 amide bonds. The molecule has 0 spiro atoms. The number of ether oxygens (including phenoxy) is 2. The van der Waals surface area contributed by atoms with E-state index in [-0.39, 0.29) is 24.4 Å². The molecule has 0 bridgehead atoms. The fourth-order valence-corrected chi connectivity index (χ4v) is 3.22. The summed E-state index contributed by atoms with van der Waals surface area (Å²) in [5, 5.41) is 9.03. The minimum absolute atomic E-state index is 0.136. The summed E-state index contributed by atoms with van der Waals surface area (Å²) in [6.45, 7) is 7.29. The fraction of sp³-hybridized carbons (Fsp3) is 0.947. The van der Waals surface area contributed by atoms with E-state index in [9.17, 15) is 31.1 Å². The van der Waals surface area contributed by atoms with Gasteiger partial charge in [-0.3, -0.25) is 4.79 Å². The fourth-order valence-electron chi connectivity index (χ4n) is 3.22. The van der Waals surface area contributed by atoms with Gasteiger partial charge < -0.3 is 14.6 Å². The predicted molar refractivity (Wildman–Crippen MR) is 95.2 cm³/mol. The summed E-state index contributed by atoms with van der Waals surface area (Å²) in [6, 6.07) is 0. The molecule has 0 aromatic rings. The molecule has 4 nitrogen and oxygen atoms in total. The second-order valence-electron chi connectivity index (χ2n) is 8.46. The summed E-state index contributed by atoms with van der Waals surface area (Å²) in [7, 11) is 0. The Hall–Kier alpha value is -1.03.